The molecule has 21 heavy (non-hydrogen) atoms. The van der Waals surface area contributed by atoms with Crippen LogP contribution >= 0.6 is 0 Å². The molecule has 1 N–H and O–H groups in total. The van der Waals surface area contributed by atoms with Gasteiger partial charge in [0.1, 0.15) is 5.69 Å². The quantitative estimate of drug-likeness (QED) is 0.875. The molecule has 0 radical (unpaired) electrons. The van der Waals surface area contributed by atoms with Gasteiger partial charge in [-0.1, -0.05) is 13.8 Å². The molecule has 0 atom stereocenters. The van der Waals surface area contributed by atoms with Crippen LogP contribution in [-0.2, 0) is 19.5 Å². The van der Waals surface area contributed by atoms with Gasteiger partial charge in [0.15, 0.2) is 0 Å². The molecule has 1 amide bonds. The molecule has 0 aliphatic carbocycles. The fraction of sp³-hybridized carbons (Fsp3) is 0.571. The van der Waals surface area contributed by atoms with Gasteiger partial charge < -0.3 is 9.73 Å². The van der Waals surface area contributed by atoms with Crippen LogP contribution < -0.4 is 5.32 Å². The molecule has 0 saturated carbocycles. The molecule has 2 aromatic heterocycles. The van der Waals surface area contributed by atoms with Crippen molar-refractivity contribution < 1.29 is 9.21 Å². The number of aryl methyl sites for hydroxylation is 2. The lowest BCUT2D eigenvalue weighted by molar-refractivity contribution is 0.0936. The lowest BCUT2D eigenvalue weighted by atomic mass is 10.1. The van der Waals surface area contributed by atoms with Gasteiger partial charge in [-0.2, -0.15) is 5.10 Å². The Morgan fingerprint density at radius 2 is 2.19 bits per heavy atom. The lowest BCUT2D eigenvalue weighted by Crippen LogP contribution is -2.25. The van der Waals surface area contributed by atoms with Gasteiger partial charge in [-0.3, -0.25) is 9.48 Å². The Bertz CT molecular complexity index is 615. The number of aromatic nitrogens is 4. The summed E-state index contributed by atoms with van der Waals surface area (Å²) in [5.74, 6) is 1.19. The van der Waals surface area contributed by atoms with E-state index in [1.165, 1.54) is 0 Å². The van der Waals surface area contributed by atoms with Crippen molar-refractivity contribution in [2.45, 2.75) is 47.2 Å². The Morgan fingerprint density at radius 1 is 1.43 bits per heavy atom. The van der Waals surface area contributed by atoms with Crippen LogP contribution in [0.4, 0.5) is 0 Å². The molecule has 7 nitrogen and oxygen atoms in total. The Morgan fingerprint density at radius 3 is 2.76 bits per heavy atom. The Balaban J connectivity index is 2.05. The van der Waals surface area contributed by atoms with Crippen molar-refractivity contribution in [2.24, 2.45) is 5.92 Å². The molecule has 0 unspecified atom stereocenters. The van der Waals surface area contributed by atoms with E-state index in [-0.39, 0.29) is 12.5 Å². The van der Waals surface area contributed by atoms with Gasteiger partial charge in [-0.25, -0.2) is 0 Å². The van der Waals surface area contributed by atoms with E-state index in [4.69, 9.17) is 4.42 Å². The highest BCUT2D eigenvalue weighted by Crippen LogP contribution is 2.10. The molecule has 0 aliphatic heterocycles. The molecule has 2 aromatic rings. The monoisotopic (exact) mass is 291 g/mol. The number of carbonyl (C=O) groups excluding carboxylic acids is 1. The maximum Gasteiger partial charge on any atom is 0.269 e. The average molecular weight is 291 g/mol. The summed E-state index contributed by atoms with van der Waals surface area (Å²) in [6.45, 7) is 8.80. The summed E-state index contributed by atoms with van der Waals surface area (Å²) in [6.07, 6.45) is 0.857. The molecule has 0 saturated heterocycles. The van der Waals surface area contributed by atoms with Crippen molar-refractivity contribution in [1.82, 2.24) is 25.3 Å². The van der Waals surface area contributed by atoms with Gasteiger partial charge in [-0.05, 0) is 25.3 Å². The summed E-state index contributed by atoms with van der Waals surface area (Å²) in [5, 5.41) is 14.8. The number of hydrogen-bond donors (Lipinski definition) is 1. The second-order valence-electron chi connectivity index (χ2n) is 5.33. The summed E-state index contributed by atoms with van der Waals surface area (Å²) in [5.41, 5.74) is 1.50. The van der Waals surface area contributed by atoms with Crippen LogP contribution in [0.2, 0.25) is 0 Å². The fourth-order valence-corrected chi connectivity index (χ4v) is 2.07. The van der Waals surface area contributed by atoms with Crippen LogP contribution in [-0.4, -0.2) is 25.9 Å². The molecular weight excluding hydrogens is 270 g/mol. The predicted octanol–water partition coefficient (Wildman–Crippen LogP) is 1.72. The second kappa shape index (κ2) is 6.51. The number of nitrogens with one attached hydrogen (secondary N) is 1. The van der Waals surface area contributed by atoms with Gasteiger partial charge in [0.05, 0.1) is 12.2 Å². The minimum atomic E-state index is -0.185. The van der Waals surface area contributed by atoms with E-state index < -0.39 is 0 Å². The zero-order valence-electron chi connectivity index (χ0n) is 12.9. The van der Waals surface area contributed by atoms with E-state index in [1.54, 1.807) is 11.6 Å². The minimum absolute atomic E-state index is 0.185. The zero-order chi connectivity index (χ0) is 15.4. The van der Waals surface area contributed by atoms with E-state index >= 15 is 0 Å². The van der Waals surface area contributed by atoms with E-state index in [1.807, 2.05) is 13.0 Å². The first-order chi connectivity index (χ1) is 9.99. The molecule has 7 heteroatoms. The maximum atomic E-state index is 12.2. The van der Waals surface area contributed by atoms with E-state index in [0.29, 0.717) is 29.9 Å². The molecule has 114 valence electrons. The summed E-state index contributed by atoms with van der Waals surface area (Å²) < 4.78 is 6.94. The first-order valence-electron chi connectivity index (χ1n) is 7.13. The summed E-state index contributed by atoms with van der Waals surface area (Å²) in [6, 6.07) is 1.85. The summed E-state index contributed by atoms with van der Waals surface area (Å²) in [4.78, 5) is 12.2. The number of amides is 1. The lowest BCUT2D eigenvalue weighted by Gasteiger charge is -2.04. The van der Waals surface area contributed by atoms with Gasteiger partial charge >= 0.3 is 0 Å². The first kappa shape index (κ1) is 15.2. The van der Waals surface area contributed by atoms with Gasteiger partial charge in [0.25, 0.3) is 5.91 Å². The van der Waals surface area contributed by atoms with Crippen LogP contribution in [0.1, 0.15) is 48.7 Å². The van der Waals surface area contributed by atoms with Crippen LogP contribution in [0.15, 0.2) is 10.5 Å². The molecule has 0 bridgehead atoms. The minimum Gasteiger partial charge on any atom is -0.424 e. The van der Waals surface area contributed by atoms with Crippen LogP contribution in [0.5, 0.6) is 0 Å². The third-order valence-corrected chi connectivity index (χ3v) is 2.95. The average Bonchev–Trinajstić information content (AvgIpc) is 3.01. The smallest absolute Gasteiger partial charge is 0.269 e. The van der Waals surface area contributed by atoms with Crippen molar-refractivity contribution in [1.29, 1.82) is 0 Å². The third kappa shape index (κ3) is 3.90. The standard InChI is InChI=1S/C14H21N5O2/c1-5-19-12(7-11(18-19)6-9(2)3)14(20)15-8-13-17-16-10(4)21-13/h7,9H,5-6,8H2,1-4H3,(H,15,20). The van der Waals surface area contributed by atoms with Crippen LogP contribution in [0.25, 0.3) is 0 Å². The third-order valence-electron chi connectivity index (χ3n) is 2.95. The van der Waals surface area contributed by atoms with E-state index in [0.717, 1.165) is 12.1 Å². The summed E-state index contributed by atoms with van der Waals surface area (Å²) >= 11 is 0. The SMILES string of the molecule is CCn1nc(CC(C)C)cc1C(=O)NCc1nnc(C)o1. The molecular formula is C14H21N5O2. The molecule has 2 heterocycles. The van der Waals surface area contributed by atoms with E-state index in [2.05, 4.69) is 34.5 Å². The van der Waals surface area contributed by atoms with Gasteiger partial charge in [0, 0.05) is 13.5 Å². The Kier molecular flexibility index (Phi) is 4.72. The van der Waals surface area contributed by atoms with Crippen LogP contribution in [0.3, 0.4) is 0 Å². The molecule has 0 spiro atoms. The number of hydrogen-bond acceptors (Lipinski definition) is 5. The van der Waals surface area contributed by atoms with E-state index in [9.17, 15) is 4.79 Å². The summed E-state index contributed by atoms with van der Waals surface area (Å²) in [7, 11) is 0. The molecule has 0 fully saturated rings. The Labute approximate surface area is 123 Å². The number of nitrogens with zero attached hydrogens (tertiary/aromatic N) is 4. The maximum absolute atomic E-state index is 12.2. The van der Waals surface area contributed by atoms with Crippen LogP contribution in [0, 0.1) is 12.8 Å². The highest BCUT2D eigenvalue weighted by atomic mass is 16.4. The predicted molar refractivity (Wildman–Crippen MR) is 76.6 cm³/mol. The molecule has 2 rings (SSSR count). The molecule has 0 aromatic carbocycles. The van der Waals surface area contributed by atoms with Gasteiger partial charge in [0.2, 0.25) is 11.8 Å². The van der Waals surface area contributed by atoms with Crippen molar-refractivity contribution in [3.63, 3.8) is 0 Å². The normalized spacial score (nSPS) is 11.1. The number of rotatable bonds is 6. The topological polar surface area (TPSA) is 85.8 Å². The largest absolute Gasteiger partial charge is 0.424 e. The number of carbonyl (C=O) groups is 1. The van der Waals surface area contributed by atoms with Gasteiger partial charge in [-0.15, -0.1) is 10.2 Å². The van der Waals surface area contributed by atoms with Crippen molar-refractivity contribution >= 4 is 5.91 Å². The zero-order valence-corrected chi connectivity index (χ0v) is 12.9. The highest BCUT2D eigenvalue weighted by Gasteiger charge is 2.15. The van der Waals surface area contributed by atoms with Crippen molar-refractivity contribution in [2.75, 3.05) is 0 Å². The Hall–Kier alpha value is -2.18. The fourth-order valence-electron chi connectivity index (χ4n) is 2.07. The second-order valence-corrected chi connectivity index (χ2v) is 5.33. The first-order valence-corrected chi connectivity index (χ1v) is 7.13. The molecule has 0 aliphatic rings. The van der Waals surface area contributed by atoms with Crippen molar-refractivity contribution in [3.8, 4) is 0 Å². The highest BCUT2D eigenvalue weighted by molar-refractivity contribution is 5.92. The van der Waals surface area contributed by atoms with Crippen molar-refractivity contribution in [3.05, 3.63) is 29.2 Å².